The van der Waals surface area contributed by atoms with Crippen molar-refractivity contribution in [2.24, 2.45) is 11.8 Å². The Morgan fingerprint density at radius 3 is 2.38 bits per heavy atom. The molecule has 0 aromatic carbocycles. The molecule has 0 bridgehead atoms. The Hall–Kier alpha value is -0.0800. The van der Waals surface area contributed by atoms with Crippen LogP contribution >= 0.6 is 0 Å². The molecule has 1 N–H and O–H groups in total. The normalized spacial score (nSPS) is 43.4. The minimum Gasteiger partial charge on any atom is -0.389 e. The van der Waals surface area contributed by atoms with Gasteiger partial charge in [-0.05, 0) is 38.5 Å². The second-order valence-electron chi connectivity index (χ2n) is 5.28. The van der Waals surface area contributed by atoms with Gasteiger partial charge in [-0.1, -0.05) is 6.42 Å². The van der Waals surface area contributed by atoms with Crippen molar-refractivity contribution in [1.29, 1.82) is 0 Å². The van der Waals surface area contributed by atoms with Gasteiger partial charge >= 0.3 is 0 Å². The third-order valence-corrected chi connectivity index (χ3v) is 3.95. The van der Waals surface area contributed by atoms with E-state index in [4.69, 9.17) is 4.74 Å². The zero-order valence-electron chi connectivity index (χ0n) is 8.84. The molecule has 0 heterocycles. The average Bonchev–Trinajstić information content (AvgIpc) is 2.54. The Morgan fingerprint density at radius 1 is 1.38 bits per heavy atom. The molecular formula is C11H20O2. The van der Waals surface area contributed by atoms with Crippen molar-refractivity contribution in [3.05, 3.63) is 0 Å². The van der Waals surface area contributed by atoms with Gasteiger partial charge in [-0.3, -0.25) is 0 Å². The van der Waals surface area contributed by atoms with Gasteiger partial charge in [-0.25, -0.2) is 0 Å². The van der Waals surface area contributed by atoms with Crippen LogP contribution in [-0.2, 0) is 4.74 Å². The Balaban J connectivity index is 1.96. The zero-order chi connectivity index (χ0) is 9.69. The zero-order valence-corrected chi connectivity index (χ0v) is 8.84. The van der Waals surface area contributed by atoms with Gasteiger partial charge in [-0.2, -0.15) is 0 Å². The lowest BCUT2D eigenvalue weighted by atomic mass is 9.94. The highest BCUT2D eigenvalue weighted by atomic mass is 16.5. The summed E-state index contributed by atoms with van der Waals surface area (Å²) in [5.74, 6) is 1.17. The van der Waals surface area contributed by atoms with Gasteiger partial charge in [0.1, 0.15) is 0 Å². The molecule has 76 valence electrons. The summed E-state index contributed by atoms with van der Waals surface area (Å²) in [6.45, 7) is 4.11. The molecule has 0 radical (unpaired) electrons. The lowest BCUT2D eigenvalue weighted by molar-refractivity contribution is -0.0392. The monoisotopic (exact) mass is 184 g/mol. The summed E-state index contributed by atoms with van der Waals surface area (Å²) in [6.07, 6.45) is 4.55. The van der Waals surface area contributed by atoms with Crippen LogP contribution in [0.4, 0.5) is 0 Å². The molecule has 2 atom stereocenters. The van der Waals surface area contributed by atoms with E-state index in [1.54, 1.807) is 7.11 Å². The molecule has 2 unspecified atom stereocenters. The molecule has 2 nitrogen and oxygen atoms in total. The Labute approximate surface area is 80.3 Å². The largest absolute Gasteiger partial charge is 0.389 e. The van der Waals surface area contributed by atoms with Crippen molar-refractivity contribution < 1.29 is 9.84 Å². The van der Waals surface area contributed by atoms with Crippen LogP contribution in [0.1, 0.15) is 39.5 Å². The number of ether oxygens (including phenoxy) is 1. The molecule has 0 aliphatic heterocycles. The molecule has 0 saturated heterocycles. The molecule has 2 saturated carbocycles. The van der Waals surface area contributed by atoms with Gasteiger partial charge in [0, 0.05) is 13.5 Å². The van der Waals surface area contributed by atoms with Crippen LogP contribution < -0.4 is 0 Å². The average molecular weight is 184 g/mol. The number of rotatable bonds is 3. The molecule has 0 aromatic heterocycles. The molecule has 0 aromatic rings. The standard InChI is InChI=1S/C11H20O2/c1-10(2,13-3)7-11(12)8-5-4-6-9(8)11/h8-9,12H,4-7H2,1-3H3. The van der Waals surface area contributed by atoms with Gasteiger partial charge in [0.2, 0.25) is 0 Å². The summed E-state index contributed by atoms with van der Waals surface area (Å²) >= 11 is 0. The Morgan fingerprint density at radius 2 is 1.92 bits per heavy atom. The molecule has 13 heavy (non-hydrogen) atoms. The fourth-order valence-electron chi connectivity index (χ4n) is 3.06. The maximum atomic E-state index is 10.3. The molecular weight excluding hydrogens is 164 g/mol. The summed E-state index contributed by atoms with van der Waals surface area (Å²) in [6, 6.07) is 0. The van der Waals surface area contributed by atoms with Gasteiger partial charge in [0.15, 0.2) is 0 Å². The number of aliphatic hydroxyl groups is 1. The van der Waals surface area contributed by atoms with Crippen molar-refractivity contribution in [2.75, 3.05) is 7.11 Å². The SMILES string of the molecule is COC(C)(C)CC1(O)C2CCCC21. The predicted octanol–water partition coefficient (Wildman–Crippen LogP) is 1.96. The molecule has 2 heteroatoms. The van der Waals surface area contributed by atoms with E-state index >= 15 is 0 Å². The summed E-state index contributed by atoms with van der Waals surface area (Å²) in [7, 11) is 1.72. The molecule has 2 aliphatic carbocycles. The third-order valence-electron chi connectivity index (χ3n) is 3.95. The first-order valence-corrected chi connectivity index (χ1v) is 5.27. The van der Waals surface area contributed by atoms with E-state index in [0.29, 0.717) is 11.8 Å². The van der Waals surface area contributed by atoms with Crippen LogP contribution in [0.2, 0.25) is 0 Å². The van der Waals surface area contributed by atoms with E-state index in [9.17, 15) is 5.11 Å². The maximum absolute atomic E-state index is 10.3. The molecule has 2 rings (SSSR count). The van der Waals surface area contributed by atoms with Crippen LogP contribution in [0.25, 0.3) is 0 Å². The van der Waals surface area contributed by atoms with Crippen molar-refractivity contribution in [3.8, 4) is 0 Å². The highest BCUT2D eigenvalue weighted by Crippen LogP contribution is 2.63. The van der Waals surface area contributed by atoms with Crippen LogP contribution in [0, 0.1) is 11.8 Å². The molecule has 2 aliphatic rings. The lowest BCUT2D eigenvalue weighted by Gasteiger charge is -2.27. The van der Waals surface area contributed by atoms with E-state index < -0.39 is 0 Å². The second kappa shape index (κ2) is 2.71. The molecule has 0 amide bonds. The summed E-state index contributed by atoms with van der Waals surface area (Å²) in [4.78, 5) is 0. The topological polar surface area (TPSA) is 29.5 Å². The fourth-order valence-corrected chi connectivity index (χ4v) is 3.06. The van der Waals surface area contributed by atoms with E-state index in [1.165, 1.54) is 19.3 Å². The summed E-state index contributed by atoms with van der Waals surface area (Å²) in [5, 5.41) is 10.3. The molecule has 0 spiro atoms. The van der Waals surface area contributed by atoms with E-state index in [1.807, 2.05) is 0 Å². The van der Waals surface area contributed by atoms with Crippen molar-refractivity contribution in [2.45, 2.75) is 50.7 Å². The van der Waals surface area contributed by atoms with Crippen LogP contribution in [0.3, 0.4) is 0 Å². The number of fused-ring (bicyclic) bond motifs is 1. The third kappa shape index (κ3) is 1.40. The summed E-state index contributed by atoms with van der Waals surface area (Å²) in [5.41, 5.74) is -0.545. The second-order valence-corrected chi connectivity index (χ2v) is 5.28. The predicted molar refractivity (Wildman–Crippen MR) is 51.5 cm³/mol. The number of hydrogen-bond acceptors (Lipinski definition) is 2. The quantitative estimate of drug-likeness (QED) is 0.726. The van der Waals surface area contributed by atoms with Crippen LogP contribution in [0.5, 0.6) is 0 Å². The number of methoxy groups -OCH3 is 1. The maximum Gasteiger partial charge on any atom is 0.0738 e. The van der Waals surface area contributed by atoms with Gasteiger partial charge in [0.05, 0.1) is 11.2 Å². The smallest absolute Gasteiger partial charge is 0.0738 e. The Bertz CT molecular complexity index is 200. The molecule has 2 fully saturated rings. The van der Waals surface area contributed by atoms with E-state index in [-0.39, 0.29) is 11.2 Å². The van der Waals surface area contributed by atoms with Crippen LogP contribution in [0.15, 0.2) is 0 Å². The minimum atomic E-state index is -0.377. The summed E-state index contributed by atoms with van der Waals surface area (Å²) < 4.78 is 5.36. The highest BCUT2D eigenvalue weighted by Gasteiger charge is 2.66. The van der Waals surface area contributed by atoms with Gasteiger partial charge < -0.3 is 9.84 Å². The van der Waals surface area contributed by atoms with Gasteiger partial charge in [0.25, 0.3) is 0 Å². The van der Waals surface area contributed by atoms with Crippen molar-refractivity contribution in [3.63, 3.8) is 0 Å². The lowest BCUT2D eigenvalue weighted by Crippen LogP contribution is -2.32. The first kappa shape index (κ1) is 9.47. The first-order chi connectivity index (χ1) is 5.99. The van der Waals surface area contributed by atoms with Crippen LogP contribution in [-0.4, -0.2) is 23.4 Å². The highest BCUT2D eigenvalue weighted by molar-refractivity contribution is 5.16. The minimum absolute atomic E-state index is 0.168. The number of hydrogen-bond donors (Lipinski definition) is 1. The first-order valence-electron chi connectivity index (χ1n) is 5.27. The Kier molecular flexibility index (Phi) is 1.97. The van der Waals surface area contributed by atoms with E-state index in [0.717, 1.165) is 6.42 Å². The van der Waals surface area contributed by atoms with E-state index in [2.05, 4.69) is 13.8 Å². The fraction of sp³-hybridized carbons (Fsp3) is 1.00. The van der Waals surface area contributed by atoms with Gasteiger partial charge in [-0.15, -0.1) is 0 Å². The van der Waals surface area contributed by atoms with Crippen molar-refractivity contribution in [1.82, 2.24) is 0 Å². The van der Waals surface area contributed by atoms with Crippen molar-refractivity contribution >= 4 is 0 Å².